The molecule has 266 valence electrons. The number of sulfonamides is 1. The van der Waals surface area contributed by atoms with E-state index in [1.54, 1.807) is 34.6 Å². The topological polar surface area (TPSA) is 211 Å². The molecule has 0 saturated carbocycles. The van der Waals surface area contributed by atoms with Crippen molar-refractivity contribution in [2.24, 2.45) is 0 Å². The Morgan fingerprint density at radius 3 is 2.42 bits per heavy atom. The van der Waals surface area contributed by atoms with Gasteiger partial charge in [0.1, 0.15) is 33.4 Å². The number of ether oxygens (including phenoxy) is 3. The van der Waals surface area contributed by atoms with Gasteiger partial charge in [-0.2, -0.15) is 4.31 Å². The molecule has 2 aromatic carbocycles. The summed E-state index contributed by atoms with van der Waals surface area (Å²) in [5, 5.41) is 26.6. The van der Waals surface area contributed by atoms with Crippen LogP contribution in [0, 0.1) is 17.0 Å². The summed E-state index contributed by atoms with van der Waals surface area (Å²) in [5.41, 5.74) is -4.41. The molecule has 1 aromatic heterocycles. The van der Waals surface area contributed by atoms with Crippen molar-refractivity contribution in [2.45, 2.75) is 69.6 Å². The van der Waals surface area contributed by atoms with Crippen LogP contribution in [0.15, 0.2) is 47.5 Å². The number of piperazine rings is 1. The number of hydrogen-bond acceptors (Lipinski definition) is 11. The lowest BCUT2D eigenvalue weighted by molar-refractivity contribution is -0.388. The minimum absolute atomic E-state index is 0.0138. The van der Waals surface area contributed by atoms with Crippen molar-refractivity contribution in [1.82, 2.24) is 19.5 Å². The van der Waals surface area contributed by atoms with Gasteiger partial charge in [0, 0.05) is 49.4 Å². The summed E-state index contributed by atoms with van der Waals surface area (Å²) in [7, 11) is -4.18. The quantitative estimate of drug-likeness (QED) is 0.239. The van der Waals surface area contributed by atoms with Gasteiger partial charge in [0.25, 0.3) is 27.4 Å². The van der Waals surface area contributed by atoms with E-state index in [0.717, 1.165) is 6.07 Å². The molecule has 0 radical (unpaired) electrons. The van der Waals surface area contributed by atoms with Crippen LogP contribution in [0.5, 0.6) is 11.5 Å². The van der Waals surface area contributed by atoms with Crippen molar-refractivity contribution in [3.05, 3.63) is 80.5 Å². The largest absolute Gasteiger partial charge is 0.491 e. The fourth-order valence-corrected chi connectivity index (χ4v) is 8.01. The van der Waals surface area contributed by atoms with Crippen molar-refractivity contribution in [3.8, 4) is 11.5 Å². The summed E-state index contributed by atoms with van der Waals surface area (Å²) in [6.07, 6.45) is -0.803. The van der Waals surface area contributed by atoms with E-state index < -0.39 is 60.9 Å². The zero-order valence-corrected chi connectivity index (χ0v) is 29.0. The van der Waals surface area contributed by atoms with Crippen LogP contribution >= 0.6 is 0 Å². The molecule has 16 nitrogen and oxygen atoms in total. The van der Waals surface area contributed by atoms with Gasteiger partial charge >= 0.3 is 6.09 Å². The molecule has 2 atom stereocenters. The zero-order valence-electron chi connectivity index (χ0n) is 28.2. The van der Waals surface area contributed by atoms with E-state index in [2.05, 4.69) is 10.3 Å². The molecule has 2 unspecified atom stereocenters. The van der Waals surface area contributed by atoms with Gasteiger partial charge in [0.2, 0.25) is 11.3 Å². The number of nitro benzene ring substituents is 1. The number of fused-ring (bicyclic) bond motifs is 5. The van der Waals surface area contributed by atoms with Crippen molar-refractivity contribution in [3.63, 3.8) is 0 Å². The zero-order chi connectivity index (χ0) is 36.6. The number of nitrogens with zero attached hydrogens (tertiary/aromatic N) is 3. The Morgan fingerprint density at radius 2 is 1.80 bits per heavy atom. The molecule has 3 aliphatic rings. The number of Topliss-reactive ketones (excluding diaryl/α,β-unsaturated/α-hetero) is 1. The third kappa shape index (κ3) is 5.45. The van der Waals surface area contributed by atoms with Crippen LogP contribution in [-0.2, 0) is 26.1 Å². The maximum Gasteiger partial charge on any atom is 0.410 e. The lowest BCUT2D eigenvalue weighted by Gasteiger charge is -2.34. The molecule has 3 aromatic rings. The maximum absolute atomic E-state index is 14.3. The van der Waals surface area contributed by atoms with E-state index in [4.69, 9.17) is 14.2 Å². The van der Waals surface area contributed by atoms with Crippen LogP contribution in [-0.4, -0.2) is 88.3 Å². The number of ketones is 1. The van der Waals surface area contributed by atoms with E-state index in [9.17, 15) is 38.0 Å². The molecule has 0 bridgehead atoms. The number of rotatable bonds is 7. The third-order valence-corrected chi connectivity index (χ3v) is 10.5. The van der Waals surface area contributed by atoms with E-state index in [1.165, 1.54) is 52.5 Å². The van der Waals surface area contributed by atoms with Crippen molar-refractivity contribution >= 4 is 33.5 Å². The minimum atomic E-state index is -4.18. The Bertz CT molecular complexity index is 2050. The minimum Gasteiger partial charge on any atom is -0.491 e. The molecule has 6 rings (SSSR count). The number of aromatic nitrogens is 1. The number of amides is 2. The number of carbonyl (C=O) groups excluding carboxylic acids is 3. The van der Waals surface area contributed by atoms with Crippen LogP contribution < -0.4 is 14.8 Å². The van der Waals surface area contributed by atoms with Gasteiger partial charge in [-0.15, -0.1) is 0 Å². The maximum atomic E-state index is 14.3. The molecule has 3 N–H and O–H groups in total. The van der Waals surface area contributed by atoms with Crippen LogP contribution in [0.2, 0.25) is 0 Å². The number of aromatic amines is 1. The normalized spacial score (nSPS) is 21.7. The molecule has 2 aliphatic heterocycles. The van der Waals surface area contributed by atoms with Crippen LogP contribution in [0.3, 0.4) is 0 Å². The first-order valence-corrected chi connectivity index (χ1v) is 17.3. The molecule has 2 amide bonds. The van der Waals surface area contributed by atoms with Crippen LogP contribution in [0.25, 0.3) is 0 Å². The van der Waals surface area contributed by atoms with Gasteiger partial charge in [-0.25, -0.2) is 13.2 Å². The van der Waals surface area contributed by atoms with Gasteiger partial charge in [-0.05, 0) is 65.3 Å². The summed E-state index contributed by atoms with van der Waals surface area (Å²) in [5.74, 6) is -4.36. The predicted molar refractivity (Wildman–Crippen MR) is 175 cm³/mol. The highest BCUT2D eigenvalue weighted by molar-refractivity contribution is 7.89. The van der Waals surface area contributed by atoms with Gasteiger partial charge in [0.05, 0.1) is 11.0 Å². The number of nitrogens with one attached hydrogen (secondary N) is 2. The standard InChI is InChI=1S/C33H37N5O11S/c1-18(2)47-20-10-11-22-24(17-20)48-33(42)26-21(8-7-9-23(26)38(43)44)28(39)32(22,33)35-29(40)27-19(3)16-25(34-27)50(45,46)37-14-12-36(13-15-37)30(41)49-31(4,5)6/h7-11,16-18,34,42H,12-15H2,1-6H3,(H,35,40). The fraction of sp³-hybridized carbons (Fsp3) is 0.424. The average Bonchev–Trinajstić information content (AvgIpc) is 3.60. The van der Waals surface area contributed by atoms with E-state index in [1.807, 2.05) is 0 Å². The van der Waals surface area contributed by atoms with E-state index in [-0.39, 0.29) is 65.4 Å². The second-order valence-electron chi connectivity index (χ2n) is 13.6. The Labute approximate surface area is 287 Å². The highest BCUT2D eigenvalue weighted by atomic mass is 32.2. The first kappa shape index (κ1) is 34.8. The molecule has 50 heavy (non-hydrogen) atoms. The van der Waals surface area contributed by atoms with Gasteiger partial charge in [-0.3, -0.25) is 19.7 Å². The average molecular weight is 712 g/mol. The van der Waals surface area contributed by atoms with E-state index in [0.29, 0.717) is 5.75 Å². The lowest BCUT2D eigenvalue weighted by atomic mass is 9.82. The lowest BCUT2D eigenvalue weighted by Crippen LogP contribution is -2.60. The number of aryl methyl sites for hydroxylation is 1. The molecule has 1 aliphatic carbocycles. The number of nitro groups is 1. The Hall–Kier alpha value is -5.00. The highest BCUT2D eigenvalue weighted by Gasteiger charge is 2.73. The number of H-pyrrole nitrogens is 1. The third-order valence-electron chi connectivity index (χ3n) is 8.68. The molecule has 0 spiro atoms. The predicted octanol–water partition coefficient (Wildman–Crippen LogP) is 3.32. The summed E-state index contributed by atoms with van der Waals surface area (Å²) >= 11 is 0. The van der Waals surface area contributed by atoms with Crippen molar-refractivity contribution < 1.29 is 47.0 Å². The molecule has 1 fully saturated rings. The fourth-order valence-electron chi connectivity index (χ4n) is 6.53. The number of aliphatic hydroxyl groups is 1. The SMILES string of the molecule is Cc1cc(S(=O)(=O)N2CCN(C(=O)OC(C)(C)C)CC2)[nH]c1C(=O)NC12C(=O)c3cccc([N+](=O)[O-])c3C1(O)Oc1cc(OC(C)C)ccc12. The highest BCUT2D eigenvalue weighted by Crippen LogP contribution is 2.60. The summed E-state index contributed by atoms with van der Waals surface area (Å²) < 4.78 is 45.6. The van der Waals surface area contributed by atoms with Gasteiger partial charge in [-0.1, -0.05) is 12.1 Å². The van der Waals surface area contributed by atoms with Crippen molar-refractivity contribution in [1.29, 1.82) is 0 Å². The first-order chi connectivity index (χ1) is 23.3. The van der Waals surface area contributed by atoms with Gasteiger partial charge < -0.3 is 34.5 Å². The number of hydrogen-bond donors (Lipinski definition) is 3. The van der Waals surface area contributed by atoms with E-state index >= 15 is 0 Å². The second kappa shape index (κ2) is 11.8. The molecule has 1 saturated heterocycles. The summed E-state index contributed by atoms with van der Waals surface area (Å²) in [6, 6.07) is 9.31. The number of benzene rings is 2. The smallest absolute Gasteiger partial charge is 0.410 e. The Balaban J connectivity index is 1.34. The summed E-state index contributed by atoms with van der Waals surface area (Å²) in [6.45, 7) is 10.4. The first-order valence-electron chi connectivity index (χ1n) is 15.9. The number of carbonyl (C=O) groups is 3. The molecule has 17 heteroatoms. The van der Waals surface area contributed by atoms with Crippen molar-refractivity contribution in [2.75, 3.05) is 26.2 Å². The Kier molecular flexibility index (Phi) is 8.23. The monoisotopic (exact) mass is 711 g/mol. The molecule has 3 heterocycles. The van der Waals surface area contributed by atoms with Crippen LogP contribution in [0.4, 0.5) is 10.5 Å². The molecular weight excluding hydrogens is 674 g/mol. The summed E-state index contributed by atoms with van der Waals surface area (Å²) in [4.78, 5) is 56.3. The van der Waals surface area contributed by atoms with Gasteiger partial charge in [0.15, 0.2) is 0 Å². The Morgan fingerprint density at radius 1 is 1.12 bits per heavy atom. The molecular formula is C33H37N5O11S. The second-order valence-corrected chi connectivity index (χ2v) is 15.5. The van der Waals surface area contributed by atoms with Crippen LogP contribution in [0.1, 0.15) is 72.2 Å².